The van der Waals surface area contributed by atoms with E-state index in [9.17, 15) is 0 Å². The molecule has 0 aliphatic carbocycles. The summed E-state index contributed by atoms with van der Waals surface area (Å²) in [5, 5.41) is 7.49. The molecule has 3 heterocycles. The average molecular weight is 793 g/mol. The molecule has 0 bridgehead atoms. The van der Waals surface area contributed by atoms with Crippen LogP contribution in [0.4, 0.5) is 0 Å². The molecule has 0 aliphatic rings. The van der Waals surface area contributed by atoms with Crippen LogP contribution in [0.3, 0.4) is 0 Å². The minimum atomic E-state index is 0. The van der Waals surface area contributed by atoms with Gasteiger partial charge in [-0.3, -0.25) is 4.68 Å². The van der Waals surface area contributed by atoms with Gasteiger partial charge in [-0.25, -0.2) is 4.98 Å². The molecule has 4 aromatic carbocycles. The molecule has 0 spiro atoms. The van der Waals surface area contributed by atoms with Gasteiger partial charge < -0.3 is 9.30 Å². The molecule has 0 atom stereocenters. The first-order valence-corrected chi connectivity index (χ1v) is 18.8. The Kier molecular flexibility index (Phi) is 11.4. The van der Waals surface area contributed by atoms with Gasteiger partial charge in [0.15, 0.2) is 0 Å². The van der Waals surface area contributed by atoms with E-state index in [1.165, 1.54) is 50.0 Å². The van der Waals surface area contributed by atoms with E-state index in [2.05, 4.69) is 150 Å². The fourth-order valence-corrected chi connectivity index (χ4v) is 7.71. The van der Waals surface area contributed by atoms with Crippen molar-refractivity contribution in [3.63, 3.8) is 0 Å². The Morgan fingerprint density at radius 1 is 0.792 bits per heavy atom. The van der Waals surface area contributed by atoms with Gasteiger partial charge in [0.1, 0.15) is 5.82 Å². The topological polar surface area (TPSA) is 44.9 Å². The zero-order chi connectivity index (χ0) is 36.7. The molecule has 3 aromatic heterocycles. The van der Waals surface area contributed by atoms with E-state index in [1.807, 2.05) is 12.3 Å². The van der Waals surface area contributed by atoms with E-state index >= 15 is 0 Å². The Bertz CT molecular complexity index is 2390. The van der Waals surface area contributed by atoms with E-state index in [1.54, 1.807) is 0 Å². The van der Waals surface area contributed by atoms with Crippen LogP contribution < -0.4 is 4.74 Å². The fourth-order valence-electron chi connectivity index (χ4n) is 7.71. The van der Waals surface area contributed by atoms with Gasteiger partial charge in [0.05, 0.1) is 11.4 Å². The number of aromatic nitrogens is 4. The van der Waals surface area contributed by atoms with Crippen LogP contribution in [-0.2, 0) is 33.3 Å². The van der Waals surface area contributed by atoms with Gasteiger partial charge >= 0.3 is 20.4 Å². The number of ether oxygens (including phenoxy) is 1. The molecule has 53 heavy (non-hydrogen) atoms. The quantitative estimate of drug-likeness (QED) is 0.0968. The van der Waals surface area contributed by atoms with Crippen LogP contribution in [0.5, 0.6) is 11.5 Å². The molecule has 0 amide bonds. The van der Waals surface area contributed by atoms with Gasteiger partial charge in [0, 0.05) is 28.8 Å². The minimum absolute atomic E-state index is 0. The largest absolute Gasteiger partial charge is 2.00 e. The SMILES string of the molecule is CCCCc1ccnc(-n2c3[c-]c(Oc4[c-]c(-n5nc(C)c(-c6c(C)cc(C)cc6C)c5CC(C)C)cc(C(C)C)c4)ccc3c3ccccc32)c1.[Pd+2]. The third-order valence-electron chi connectivity index (χ3n) is 10.1. The van der Waals surface area contributed by atoms with Crippen molar-refractivity contribution in [2.24, 2.45) is 5.92 Å². The van der Waals surface area contributed by atoms with Gasteiger partial charge in [0.2, 0.25) is 0 Å². The van der Waals surface area contributed by atoms with Crippen molar-refractivity contribution >= 4 is 21.8 Å². The third kappa shape index (κ3) is 7.63. The number of benzene rings is 4. The van der Waals surface area contributed by atoms with Gasteiger partial charge in [-0.2, -0.15) is 11.2 Å². The van der Waals surface area contributed by atoms with Crippen molar-refractivity contribution in [3.05, 3.63) is 130 Å². The summed E-state index contributed by atoms with van der Waals surface area (Å²) in [5.74, 6) is 2.89. The third-order valence-corrected chi connectivity index (χ3v) is 10.1. The molecule has 7 rings (SSSR count). The number of unbranched alkanes of at least 4 members (excludes halogenated alkanes) is 1. The van der Waals surface area contributed by atoms with E-state index < -0.39 is 0 Å². The molecular weight excluding hydrogens is 743 g/mol. The summed E-state index contributed by atoms with van der Waals surface area (Å²) in [6.07, 6.45) is 6.16. The fraction of sp³-hybridized carbons (Fsp3) is 0.319. The van der Waals surface area contributed by atoms with Gasteiger partial charge in [-0.1, -0.05) is 82.5 Å². The zero-order valence-electron chi connectivity index (χ0n) is 32.5. The number of para-hydroxylation sites is 1. The first-order chi connectivity index (χ1) is 25.0. The van der Waals surface area contributed by atoms with Crippen LogP contribution in [0.25, 0.3) is 44.4 Å². The zero-order valence-corrected chi connectivity index (χ0v) is 34.1. The summed E-state index contributed by atoms with van der Waals surface area (Å²) in [5.41, 5.74) is 14.0. The molecule has 0 saturated heterocycles. The van der Waals surface area contributed by atoms with Crippen molar-refractivity contribution < 1.29 is 25.2 Å². The van der Waals surface area contributed by atoms with Crippen molar-refractivity contribution in [3.8, 4) is 34.1 Å². The normalized spacial score (nSPS) is 11.6. The van der Waals surface area contributed by atoms with Gasteiger partial charge in [0.25, 0.3) is 0 Å². The Hall–Kier alpha value is -4.50. The van der Waals surface area contributed by atoms with Crippen molar-refractivity contribution in [2.75, 3.05) is 0 Å². The Balaban J connectivity index is 0.00000481. The molecule has 0 N–H and O–H groups in total. The summed E-state index contributed by atoms with van der Waals surface area (Å²) in [4.78, 5) is 4.84. The van der Waals surface area contributed by atoms with Crippen LogP contribution in [0, 0.1) is 45.7 Å². The molecule has 0 saturated carbocycles. The summed E-state index contributed by atoms with van der Waals surface area (Å²) in [6, 6.07) is 33.2. The van der Waals surface area contributed by atoms with Crippen LogP contribution in [0.1, 0.15) is 92.6 Å². The smallest absolute Gasteiger partial charge is 0.509 e. The Morgan fingerprint density at radius 3 is 2.26 bits per heavy atom. The van der Waals surface area contributed by atoms with Crippen LogP contribution in [0.15, 0.2) is 79.0 Å². The van der Waals surface area contributed by atoms with Crippen molar-refractivity contribution in [2.45, 2.75) is 93.9 Å². The minimum Gasteiger partial charge on any atom is -0.509 e. The van der Waals surface area contributed by atoms with Gasteiger partial charge in [-0.15, -0.1) is 41.3 Å². The molecule has 0 radical (unpaired) electrons. The molecule has 0 aliphatic heterocycles. The van der Waals surface area contributed by atoms with Crippen LogP contribution in [-0.4, -0.2) is 19.3 Å². The monoisotopic (exact) mass is 792 g/mol. The number of pyridine rings is 1. The number of aryl methyl sites for hydroxylation is 5. The maximum absolute atomic E-state index is 6.71. The molecule has 5 nitrogen and oxygen atoms in total. The number of nitrogens with zero attached hydrogens (tertiary/aromatic N) is 4. The molecule has 7 aromatic rings. The second-order valence-corrected chi connectivity index (χ2v) is 15.2. The molecular formula is C47H50N4OPd. The standard InChI is InChI=1S/C47H50N4O.Pd/c1-10-11-14-35-19-20-48-45(24-35)50-42-16-13-12-15-40(42)41-18-17-38(28-43(41)50)52-39-26-36(30(4)5)25-37(27-39)51-44(21-29(2)3)47(34(9)49-51)46-32(7)22-31(6)23-33(46)8;/h12-13,15-20,22-26,29-30H,10-11,14,21H2,1-9H3;/q-2;+2. The van der Waals surface area contributed by atoms with E-state index in [4.69, 9.17) is 14.8 Å². The van der Waals surface area contributed by atoms with Crippen LogP contribution in [0.2, 0.25) is 0 Å². The second-order valence-electron chi connectivity index (χ2n) is 15.2. The number of rotatable bonds is 11. The first kappa shape index (κ1) is 38.2. The molecule has 0 unspecified atom stereocenters. The van der Waals surface area contributed by atoms with E-state index in [0.717, 1.165) is 59.3 Å². The number of hydrogen-bond acceptors (Lipinski definition) is 3. The summed E-state index contributed by atoms with van der Waals surface area (Å²) < 4.78 is 11.0. The predicted molar refractivity (Wildman–Crippen MR) is 216 cm³/mol. The number of fused-ring (bicyclic) bond motifs is 3. The molecule has 6 heteroatoms. The predicted octanol–water partition coefficient (Wildman–Crippen LogP) is 12.3. The second kappa shape index (κ2) is 15.9. The maximum Gasteiger partial charge on any atom is 2.00 e. The average Bonchev–Trinajstić information content (AvgIpc) is 3.60. The van der Waals surface area contributed by atoms with E-state index in [0.29, 0.717) is 17.4 Å². The first-order valence-electron chi connectivity index (χ1n) is 18.8. The van der Waals surface area contributed by atoms with E-state index in [-0.39, 0.29) is 26.3 Å². The van der Waals surface area contributed by atoms with Crippen LogP contribution >= 0.6 is 0 Å². The number of hydrogen-bond donors (Lipinski definition) is 0. The summed E-state index contributed by atoms with van der Waals surface area (Å²) in [6.45, 7) is 19.9. The van der Waals surface area contributed by atoms with Gasteiger partial charge in [-0.05, 0) is 110 Å². The van der Waals surface area contributed by atoms with Crippen molar-refractivity contribution in [1.29, 1.82) is 0 Å². The Morgan fingerprint density at radius 2 is 1.55 bits per heavy atom. The summed E-state index contributed by atoms with van der Waals surface area (Å²) >= 11 is 0. The molecule has 0 fully saturated rings. The molecule has 274 valence electrons. The Labute approximate surface area is 329 Å². The van der Waals surface area contributed by atoms with Crippen molar-refractivity contribution in [1.82, 2.24) is 19.3 Å². The summed E-state index contributed by atoms with van der Waals surface area (Å²) in [7, 11) is 0. The maximum atomic E-state index is 6.71.